The number of ether oxygens (including phenoxy) is 1. The topological polar surface area (TPSA) is 33.6 Å². The summed E-state index contributed by atoms with van der Waals surface area (Å²) in [5, 5.41) is 5.18. The van der Waals surface area contributed by atoms with Crippen LogP contribution in [0.3, 0.4) is 0 Å². The molecular formula is C15H22N2OS. The van der Waals surface area contributed by atoms with Gasteiger partial charge in [-0.05, 0) is 30.5 Å². The number of nitrogens with one attached hydrogen (secondary N) is 1. The van der Waals surface area contributed by atoms with Crippen LogP contribution < -0.4 is 10.1 Å². The molecule has 0 saturated heterocycles. The molecule has 2 unspecified atom stereocenters. The first-order valence-electron chi connectivity index (χ1n) is 6.71. The number of nitrogens with zero attached hydrogens (tertiary/aromatic N) is 1. The van der Waals surface area contributed by atoms with Gasteiger partial charge in [-0.25, -0.2) is 0 Å². The van der Waals surface area contributed by atoms with Crippen LogP contribution >= 0.6 is 11.8 Å². The van der Waals surface area contributed by atoms with Crippen molar-refractivity contribution < 1.29 is 4.74 Å². The molecule has 19 heavy (non-hydrogen) atoms. The Labute approximate surface area is 119 Å². The maximum atomic E-state index is 5.17. The van der Waals surface area contributed by atoms with Gasteiger partial charge in [0.1, 0.15) is 5.75 Å². The van der Waals surface area contributed by atoms with Crippen molar-refractivity contribution in [2.24, 2.45) is 10.9 Å². The van der Waals surface area contributed by atoms with Gasteiger partial charge in [-0.1, -0.05) is 37.7 Å². The summed E-state index contributed by atoms with van der Waals surface area (Å²) in [6.45, 7) is 7.60. The highest BCUT2D eigenvalue weighted by Gasteiger charge is 2.23. The van der Waals surface area contributed by atoms with Gasteiger partial charge < -0.3 is 10.1 Å². The third kappa shape index (κ3) is 3.66. The second kappa shape index (κ2) is 6.33. The lowest BCUT2D eigenvalue weighted by Crippen LogP contribution is -2.23. The predicted octanol–water partition coefficient (Wildman–Crippen LogP) is 3.47. The van der Waals surface area contributed by atoms with Crippen LogP contribution in [0.4, 0.5) is 0 Å². The van der Waals surface area contributed by atoms with E-state index in [0.29, 0.717) is 11.2 Å². The lowest BCUT2D eigenvalue weighted by Gasteiger charge is -2.17. The van der Waals surface area contributed by atoms with Crippen molar-refractivity contribution in [1.29, 1.82) is 0 Å². The Morgan fingerprint density at radius 1 is 1.26 bits per heavy atom. The maximum Gasteiger partial charge on any atom is 0.157 e. The molecular weight excluding hydrogens is 256 g/mol. The van der Waals surface area contributed by atoms with Crippen LogP contribution in [0.25, 0.3) is 0 Å². The van der Waals surface area contributed by atoms with E-state index in [1.54, 1.807) is 7.11 Å². The predicted molar refractivity (Wildman–Crippen MR) is 83.1 cm³/mol. The van der Waals surface area contributed by atoms with Crippen molar-refractivity contribution in [3.8, 4) is 5.75 Å². The highest BCUT2D eigenvalue weighted by atomic mass is 32.2. The molecule has 0 aromatic heterocycles. The first-order valence-corrected chi connectivity index (χ1v) is 7.59. The van der Waals surface area contributed by atoms with Gasteiger partial charge in [0.05, 0.1) is 19.7 Å². The number of hydrogen-bond acceptors (Lipinski definition) is 4. The number of hydrogen-bond donors (Lipinski definition) is 1. The quantitative estimate of drug-likeness (QED) is 0.915. The van der Waals surface area contributed by atoms with E-state index in [-0.39, 0.29) is 6.04 Å². The minimum Gasteiger partial charge on any atom is -0.497 e. The van der Waals surface area contributed by atoms with E-state index in [1.807, 2.05) is 23.9 Å². The lowest BCUT2D eigenvalue weighted by molar-refractivity contribution is 0.414. The molecule has 2 rings (SSSR count). The van der Waals surface area contributed by atoms with Crippen LogP contribution in [-0.2, 0) is 0 Å². The number of thioether (sulfide) groups is 1. The van der Waals surface area contributed by atoms with E-state index in [4.69, 9.17) is 4.74 Å². The lowest BCUT2D eigenvalue weighted by atomic mass is 10.1. The number of aliphatic imine (C=N–C) groups is 1. The summed E-state index contributed by atoms with van der Waals surface area (Å²) in [6.07, 6.45) is 0. The smallest absolute Gasteiger partial charge is 0.157 e. The molecule has 104 valence electrons. The van der Waals surface area contributed by atoms with E-state index < -0.39 is 0 Å². The Hall–Kier alpha value is -1.16. The number of methoxy groups -OCH3 is 1. The van der Waals surface area contributed by atoms with Crippen molar-refractivity contribution in [3.63, 3.8) is 0 Å². The van der Waals surface area contributed by atoms with E-state index in [2.05, 4.69) is 43.2 Å². The van der Waals surface area contributed by atoms with Gasteiger partial charge in [-0.15, -0.1) is 0 Å². The summed E-state index contributed by atoms with van der Waals surface area (Å²) >= 11 is 1.86. The molecule has 0 aliphatic carbocycles. The van der Waals surface area contributed by atoms with Gasteiger partial charge in [-0.2, -0.15) is 0 Å². The standard InChI is InChI=1S/C15H22N2OS/c1-10(2)14-9-16-15(19-14)17-11(3)12-5-7-13(18-4)8-6-12/h5-8,10-11,14H,9H2,1-4H3,(H,16,17). The molecule has 0 saturated carbocycles. The van der Waals surface area contributed by atoms with Crippen LogP contribution in [0.15, 0.2) is 29.3 Å². The molecule has 4 heteroatoms. The Morgan fingerprint density at radius 2 is 1.95 bits per heavy atom. The van der Waals surface area contributed by atoms with E-state index in [1.165, 1.54) is 5.56 Å². The first-order chi connectivity index (χ1) is 9.10. The van der Waals surface area contributed by atoms with Gasteiger partial charge in [-0.3, -0.25) is 4.99 Å². The van der Waals surface area contributed by atoms with Gasteiger partial charge in [0, 0.05) is 5.25 Å². The van der Waals surface area contributed by atoms with Crippen LogP contribution in [0.1, 0.15) is 32.4 Å². The normalized spacial score (nSPS) is 20.3. The third-order valence-electron chi connectivity index (χ3n) is 3.38. The van der Waals surface area contributed by atoms with Gasteiger partial charge in [0.25, 0.3) is 0 Å². The minimum atomic E-state index is 0.267. The monoisotopic (exact) mass is 278 g/mol. The van der Waals surface area contributed by atoms with E-state index in [9.17, 15) is 0 Å². The van der Waals surface area contributed by atoms with Gasteiger partial charge >= 0.3 is 0 Å². The Bertz CT molecular complexity index is 442. The Morgan fingerprint density at radius 3 is 2.47 bits per heavy atom. The first kappa shape index (κ1) is 14.3. The fourth-order valence-electron chi connectivity index (χ4n) is 1.98. The van der Waals surface area contributed by atoms with Crippen molar-refractivity contribution >= 4 is 16.9 Å². The molecule has 0 amide bonds. The molecule has 1 aliphatic heterocycles. The molecule has 1 aromatic carbocycles. The third-order valence-corrected chi connectivity index (χ3v) is 4.84. The molecule has 1 heterocycles. The van der Waals surface area contributed by atoms with E-state index >= 15 is 0 Å². The summed E-state index contributed by atoms with van der Waals surface area (Å²) in [5.74, 6) is 1.56. The van der Waals surface area contributed by atoms with Crippen molar-refractivity contribution in [2.75, 3.05) is 13.7 Å². The minimum absolute atomic E-state index is 0.267. The average Bonchev–Trinajstić information content (AvgIpc) is 2.87. The summed E-state index contributed by atoms with van der Waals surface area (Å²) in [5.41, 5.74) is 1.25. The van der Waals surface area contributed by atoms with Gasteiger partial charge in [0.15, 0.2) is 5.17 Å². The maximum absolute atomic E-state index is 5.17. The fraction of sp³-hybridized carbons (Fsp3) is 0.533. The molecule has 1 aromatic rings. The summed E-state index contributed by atoms with van der Waals surface area (Å²) in [7, 11) is 1.69. The summed E-state index contributed by atoms with van der Waals surface area (Å²) < 4.78 is 5.17. The average molecular weight is 278 g/mol. The second-order valence-electron chi connectivity index (χ2n) is 5.19. The van der Waals surface area contributed by atoms with Crippen LogP contribution in [0.5, 0.6) is 5.75 Å². The van der Waals surface area contributed by atoms with Crippen LogP contribution in [0, 0.1) is 5.92 Å². The fourth-order valence-corrected chi connectivity index (χ4v) is 3.08. The van der Waals surface area contributed by atoms with E-state index in [0.717, 1.165) is 17.5 Å². The highest BCUT2D eigenvalue weighted by molar-refractivity contribution is 8.14. The molecule has 2 atom stereocenters. The molecule has 1 N–H and O–H groups in total. The second-order valence-corrected chi connectivity index (χ2v) is 6.41. The van der Waals surface area contributed by atoms with Crippen LogP contribution in [0.2, 0.25) is 0 Å². The molecule has 3 nitrogen and oxygen atoms in total. The molecule has 0 bridgehead atoms. The Kier molecular flexibility index (Phi) is 4.75. The largest absolute Gasteiger partial charge is 0.497 e. The SMILES string of the molecule is COc1ccc(C(C)NC2=NCC(C(C)C)S2)cc1. The summed E-state index contributed by atoms with van der Waals surface area (Å²) in [4.78, 5) is 4.58. The molecule has 0 spiro atoms. The van der Waals surface area contributed by atoms with Crippen LogP contribution in [-0.4, -0.2) is 24.1 Å². The zero-order chi connectivity index (χ0) is 13.8. The molecule has 0 radical (unpaired) electrons. The zero-order valence-corrected chi connectivity index (χ0v) is 12.8. The van der Waals surface area contributed by atoms with Crippen molar-refractivity contribution in [2.45, 2.75) is 32.1 Å². The number of amidine groups is 1. The highest BCUT2D eigenvalue weighted by Crippen LogP contribution is 2.27. The summed E-state index contributed by atoms with van der Waals surface area (Å²) in [6, 6.07) is 8.44. The number of rotatable bonds is 4. The van der Waals surface area contributed by atoms with Gasteiger partial charge in [0.2, 0.25) is 0 Å². The van der Waals surface area contributed by atoms with Crippen molar-refractivity contribution in [3.05, 3.63) is 29.8 Å². The number of benzene rings is 1. The molecule has 1 aliphatic rings. The van der Waals surface area contributed by atoms with Crippen molar-refractivity contribution in [1.82, 2.24) is 5.32 Å². The molecule has 0 fully saturated rings. The zero-order valence-electron chi connectivity index (χ0n) is 12.0. The Balaban J connectivity index is 1.92.